The fraction of sp³-hybridized carbons (Fsp3) is 0.875. The van der Waals surface area contributed by atoms with E-state index in [0.29, 0.717) is 12.8 Å². The molecular formula is C40H75NO12S. The van der Waals surface area contributed by atoms with Crippen LogP contribution in [-0.2, 0) is 28.9 Å². The maximum atomic E-state index is 13.0. The number of amides is 1. The van der Waals surface area contributed by atoms with E-state index in [1.807, 2.05) is 0 Å². The molecule has 0 radical (unpaired) electrons. The third-order valence-electron chi connectivity index (χ3n) is 9.83. The Labute approximate surface area is 325 Å². The minimum atomic E-state index is -5.11. The van der Waals surface area contributed by atoms with Gasteiger partial charge in [0.15, 0.2) is 6.29 Å². The number of aliphatic hydroxyl groups is 5. The highest BCUT2D eigenvalue weighted by Crippen LogP contribution is 2.26. The predicted octanol–water partition coefficient (Wildman–Crippen LogP) is 5.96. The molecule has 8 unspecified atom stereocenters. The molecule has 0 bridgehead atoms. The zero-order valence-corrected chi connectivity index (χ0v) is 34.0. The molecule has 54 heavy (non-hydrogen) atoms. The van der Waals surface area contributed by atoms with E-state index < -0.39 is 78.5 Å². The first-order valence-electron chi connectivity index (χ1n) is 20.8. The summed E-state index contributed by atoms with van der Waals surface area (Å²) in [6.45, 7) is 3.06. The molecule has 7 N–H and O–H groups in total. The summed E-state index contributed by atoms with van der Waals surface area (Å²) in [5.41, 5.74) is 0. The van der Waals surface area contributed by atoms with Crippen molar-refractivity contribution in [3.8, 4) is 0 Å². The third-order valence-corrected chi connectivity index (χ3v) is 10.3. The third kappa shape index (κ3) is 24.2. The van der Waals surface area contributed by atoms with Gasteiger partial charge >= 0.3 is 10.4 Å². The van der Waals surface area contributed by atoms with Crippen molar-refractivity contribution in [2.45, 2.75) is 210 Å². The lowest BCUT2D eigenvalue weighted by Gasteiger charge is -2.41. The number of ether oxygens (including phenoxy) is 2. The number of allylic oxidation sites excluding steroid dienone is 3. The van der Waals surface area contributed by atoms with Crippen LogP contribution in [0.15, 0.2) is 24.3 Å². The zero-order chi connectivity index (χ0) is 40.0. The normalized spacial score (nSPS) is 22.6. The van der Waals surface area contributed by atoms with Crippen molar-refractivity contribution in [1.82, 2.24) is 5.32 Å². The number of hydrogen-bond acceptors (Lipinski definition) is 11. The molecule has 0 aromatic carbocycles. The van der Waals surface area contributed by atoms with Crippen LogP contribution >= 0.6 is 0 Å². The van der Waals surface area contributed by atoms with Crippen molar-refractivity contribution in [2.24, 2.45) is 0 Å². The first-order chi connectivity index (χ1) is 25.9. The number of aliphatic hydroxyl groups excluding tert-OH is 5. The molecule has 0 saturated carbocycles. The van der Waals surface area contributed by atoms with Gasteiger partial charge in [-0.1, -0.05) is 141 Å². The number of carbonyl (C=O) groups excluding carboxylic acids is 1. The SMILES string of the molecule is CCCCC/C=C/C(O)C(COC1OC(CO)C(O)C(OS(=O)(=O)O)C1O)NC(=O)C(O)CCCCCCCC/C=C\CCCCCCCCCCCC. The maximum Gasteiger partial charge on any atom is 0.397 e. The van der Waals surface area contributed by atoms with Crippen LogP contribution in [0.4, 0.5) is 0 Å². The lowest BCUT2D eigenvalue weighted by atomic mass is 9.99. The number of hydrogen-bond donors (Lipinski definition) is 7. The van der Waals surface area contributed by atoms with E-state index in [2.05, 4.69) is 35.5 Å². The summed E-state index contributed by atoms with van der Waals surface area (Å²) in [7, 11) is -5.11. The average Bonchev–Trinajstić information content (AvgIpc) is 3.14. The Morgan fingerprint density at radius 3 is 1.76 bits per heavy atom. The molecule has 0 spiro atoms. The van der Waals surface area contributed by atoms with E-state index in [9.17, 15) is 38.7 Å². The molecule has 1 amide bonds. The molecule has 1 aliphatic heterocycles. The number of unbranched alkanes of at least 4 members (excludes halogenated alkanes) is 19. The Kier molecular flexibility index (Phi) is 29.6. The van der Waals surface area contributed by atoms with Crippen LogP contribution in [0.2, 0.25) is 0 Å². The molecule has 1 heterocycles. The minimum Gasteiger partial charge on any atom is -0.394 e. The Balaban J connectivity index is 2.44. The first kappa shape index (κ1) is 50.6. The van der Waals surface area contributed by atoms with Gasteiger partial charge in [0.05, 0.1) is 25.4 Å². The maximum absolute atomic E-state index is 13.0. The van der Waals surface area contributed by atoms with Gasteiger partial charge < -0.3 is 40.3 Å². The first-order valence-corrected chi connectivity index (χ1v) is 22.2. The van der Waals surface area contributed by atoms with Gasteiger partial charge in [-0.25, -0.2) is 4.18 Å². The van der Waals surface area contributed by atoms with Crippen molar-refractivity contribution in [3.05, 3.63) is 24.3 Å². The molecule has 0 aromatic heterocycles. The van der Waals surface area contributed by atoms with E-state index in [4.69, 9.17) is 14.0 Å². The fourth-order valence-corrected chi connectivity index (χ4v) is 6.96. The zero-order valence-electron chi connectivity index (χ0n) is 33.1. The average molecular weight is 794 g/mol. The van der Waals surface area contributed by atoms with Crippen LogP contribution in [-0.4, -0.2) is 107 Å². The predicted molar refractivity (Wildman–Crippen MR) is 210 cm³/mol. The second-order valence-corrected chi connectivity index (χ2v) is 15.8. The quantitative estimate of drug-likeness (QED) is 0.0229. The number of rotatable bonds is 34. The van der Waals surface area contributed by atoms with Crippen molar-refractivity contribution in [1.29, 1.82) is 0 Å². The van der Waals surface area contributed by atoms with Gasteiger partial charge in [0, 0.05) is 0 Å². The van der Waals surface area contributed by atoms with Gasteiger partial charge in [-0.05, 0) is 44.9 Å². The van der Waals surface area contributed by atoms with Crippen LogP contribution in [0, 0.1) is 0 Å². The molecule has 318 valence electrons. The number of nitrogens with one attached hydrogen (secondary N) is 1. The van der Waals surface area contributed by atoms with E-state index in [1.54, 1.807) is 6.08 Å². The summed E-state index contributed by atoms with van der Waals surface area (Å²) in [4.78, 5) is 13.0. The Morgan fingerprint density at radius 1 is 0.741 bits per heavy atom. The molecule has 13 nitrogen and oxygen atoms in total. The molecular weight excluding hydrogens is 719 g/mol. The lowest BCUT2D eigenvalue weighted by Crippen LogP contribution is -2.61. The Bertz CT molecular complexity index is 1090. The van der Waals surface area contributed by atoms with Crippen LogP contribution in [0.25, 0.3) is 0 Å². The molecule has 8 atom stereocenters. The highest BCUT2D eigenvalue weighted by Gasteiger charge is 2.48. The molecule has 1 rings (SSSR count). The molecule has 0 aromatic rings. The molecule has 1 aliphatic rings. The summed E-state index contributed by atoms with van der Waals surface area (Å²) in [6, 6.07) is -1.12. The van der Waals surface area contributed by atoms with Crippen LogP contribution < -0.4 is 5.32 Å². The highest BCUT2D eigenvalue weighted by molar-refractivity contribution is 7.80. The van der Waals surface area contributed by atoms with E-state index in [1.165, 1.54) is 76.7 Å². The van der Waals surface area contributed by atoms with Gasteiger partial charge in [-0.2, -0.15) is 8.42 Å². The smallest absolute Gasteiger partial charge is 0.394 e. The van der Waals surface area contributed by atoms with Gasteiger partial charge in [-0.15, -0.1) is 0 Å². The van der Waals surface area contributed by atoms with E-state index in [0.717, 1.165) is 57.8 Å². The minimum absolute atomic E-state index is 0.235. The summed E-state index contributed by atoms with van der Waals surface area (Å²) in [5, 5.41) is 54.6. The largest absolute Gasteiger partial charge is 0.397 e. The summed E-state index contributed by atoms with van der Waals surface area (Å²) in [5.74, 6) is -0.715. The number of carbonyl (C=O) groups is 1. The molecule has 14 heteroatoms. The second kappa shape index (κ2) is 31.6. The highest BCUT2D eigenvalue weighted by atomic mass is 32.3. The Hall–Kier alpha value is -1.46. The molecule has 1 saturated heterocycles. The van der Waals surface area contributed by atoms with E-state index in [-0.39, 0.29) is 6.42 Å². The van der Waals surface area contributed by atoms with Crippen LogP contribution in [0.5, 0.6) is 0 Å². The van der Waals surface area contributed by atoms with Gasteiger partial charge in [0.25, 0.3) is 0 Å². The van der Waals surface area contributed by atoms with E-state index >= 15 is 0 Å². The van der Waals surface area contributed by atoms with Crippen molar-refractivity contribution in [2.75, 3.05) is 13.2 Å². The van der Waals surface area contributed by atoms with Gasteiger partial charge in [0.2, 0.25) is 5.91 Å². The summed E-state index contributed by atoms with van der Waals surface area (Å²) in [6.07, 6.45) is 22.0. The second-order valence-electron chi connectivity index (χ2n) is 14.7. The fourth-order valence-electron chi connectivity index (χ4n) is 6.45. The Morgan fingerprint density at radius 2 is 1.22 bits per heavy atom. The lowest BCUT2D eigenvalue weighted by molar-refractivity contribution is -0.298. The molecule has 0 aliphatic carbocycles. The van der Waals surface area contributed by atoms with Gasteiger partial charge in [0.1, 0.15) is 30.5 Å². The van der Waals surface area contributed by atoms with Crippen molar-refractivity contribution in [3.63, 3.8) is 0 Å². The monoisotopic (exact) mass is 794 g/mol. The van der Waals surface area contributed by atoms with Crippen LogP contribution in [0.3, 0.4) is 0 Å². The van der Waals surface area contributed by atoms with Crippen molar-refractivity contribution < 1.29 is 57.0 Å². The van der Waals surface area contributed by atoms with Crippen LogP contribution in [0.1, 0.15) is 162 Å². The topological polar surface area (TPSA) is 212 Å². The summed E-state index contributed by atoms with van der Waals surface area (Å²) < 4.78 is 47.1. The molecule has 1 fully saturated rings. The standard InChI is InChI=1S/C40H75NO12S/c1-3-5-7-9-10-11-12-13-14-15-16-17-18-19-20-21-22-23-25-27-29-34(44)39(47)41-32(33(43)28-26-24-8-6-4-2)31-51-40-37(46)38(53-54(48,49)50)36(45)35(30-42)52-40/h17-18,26,28,32-38,40,42-46H,3-16,19-25,27,29-31H2,1-2H3,(H,41,47)(H,48,49,50)/b18-17-,28-26+. The summed E-state index contributed by atoms with van der Waals surface area (Å²) >= 11 is 0. The van der Waals surface area contributed by atoms with Gasteiger partial charge in [-0.3, -0.25) is 9.35 Å². The van der Waals surface area contributed by atoms with Crippen molar-refractivity contribution >= 4 is 16.3 Å².